The summed E-state index contributed by atoms with van der Waals surface area (Å²) in [6.07, 6.45) is 0. The molecule has 0 atom stereocenters. The van der Waals surface area contributed by atoms with E-state index in [1.807, 2.05) is 84.9 Å². The highest BCUT2D eigenvalue weighted by molar-refractivity contribution is 6.63. The molecule has 1 amide bonds. The lowest BCUT2D eigenvalue weighted by molar-refractivity contribution is -0.121. The van der Waals surface area contributed by atoms with Crippen LogP contribution in [0.2, 0.25) is 0 Å². The highest BCUT2D eigenvalue weighted by atomic mass is 35.5. The van der Waals surface area contributed by atoms with Crippen LogP contribution in [-0.4, -0.2) is 47.5 Å². The van der Waals surface area contributed by atoms with E-state index in [-0.39, 0.29) is 19.1 Å². The standard InChI is InChI=1S/C23H17NO4.C14H9NO2.C9H9ClO2/c25-21(14-28-13-15-6-2-1-3-7-15)24-16-10-11-18-17-8-4-5-9-19(17)22(26)23(27)20(18)12-16;15-8-5-6-10-9-3-1-2-4-11(9)13(16)14(17)12(10)7-8;10-9(11)7-12-6-8-4-2-1-3-5-8/h1-12H,13-14H2,(H,24,25);1-7H,15H2;1-5H,6-7H2. The van der Waals surface area contributed by atoms with Gasteiger partial charge in [0.15, 0.2) is 0 Å². The van der Waals surface area contributed by atoms with E-state index in [1.165, 1.54) is 0 Å². The zero-order chi connectivity index (χ0) is 40.3. The van der Waals surface area contributed by atoms with Crippen LogP contribution in [0.25, 0.3) is 22.3 Å². The van der Waals surface area contributed by atoms with Crippen LogP contribution in [0.15, 0.2) is 146 Å². The second-order valence-corrected chi connectivity index (χ2v) is 13.3. The molecule has 0 radical (unpaired) electrons. The number of hydrogen-bond acceptors (Lipinski definition) is 9. The van der Waals surface area contributed by atoms with Crippen molar-refractivity contribution in [1.29, 1.82) is 0 Å². The monoisotopic (exact) mass is 778 g/mol. The number of nitrogens with one attached hydrogen (secondary N) is 1. The zero-order valence-electron chi connectivity index (χ0n) is 30.4. The van der Waals surface area contributed by atoms with Gasteiger partial charge in [0, 0.05) is 33.6 Å². The molecule has 0 aromatic heterocycles. The van der Waals surface area contributed by atoms with E-state index in [9.17, 15) is 28.8 Å². The number of Topliss-reactive ketones (excluding diaryl/α,β-unsaturated/α-hetero) is 4. The van der Waals surface area contributed by atoms with Gasteiger partial charge in [-0.05, 0) is 69.2 Å². The highest BCUT2D eigenvalue weighted by Crippen LogP contribution is 2.35. The highest BCUT2D eigenvalue weighted by Gasteiger charge is 2.31. The minimum absolute atomic E-state index is 0.0313. The number of carbonyl (C=O) groups is 6. The Hall–Kier alpha value is -6.85. The Bertz CT molecular complexity index is 2480. The van der Waals surface area contributed by atoms with Crippen LogP contribution < -0.4 is 11.1 Å². The molecule has 0 saturated carbocycles. The second kappa shape index (κ2) is 18.7. The summed E-state index contributed by atoms with van der Waals surface area (Å²) in [6.45, 7) is 0.625. The number of amides is 1. The van der Waals surface area contributed by atoms with E-state index in [0.29, 0.717) is 52.4 Å². The number of nitrogen functional groups attached to an aromatic ring is 1. The lowest BCUT2D eigenvalue weighted by Crippen LogP contribution is -2.22. The summed E-state index contributed by atoms with van der Waals surface area (Å²) in [5.74, 6) is -2.36. The molecule has 284 valence electrons. The van der Waals surface area contributed by atoms with Crippen molar-refractivity contribution in [2.45, 2.75) is 13.2 Å². The number of anilines is 2. The summed E-state index contributed by atoms with van der Waals surface area (Å²) in [7, 11) is 0. The molecular formula is C46H35ClN2O8. The van der Waals surface area contributed by atoms with Crippen molar-refractivity contribution in [2.75, 3.05) is 24.3 Å². The quantitative estimate of drug-likeness (QED) is 0.0839. The van der Waals surface area contributed by atoms with Crippen molar-refractivity contribution in [3.8, 4) is 22.3 Å². The van der Waals surface area contributed by atoms with E-state index in [4.69, 9.17) is 26.8 Å². The summed E-state index contributed by atoms with van der Waals surface area (Å²) in [5, 5.41) is 2.24. The van der Waals surface area contributed by atoms with Gasteiger partial charge in [0.05, 0.1) is 13.2 Å². The number of ketones is 4. The summed E-state index contributed by atoms with van der Waals surface area (Å²) < 4.78 is 10.4. The Balaban J connectivity index is 0.000000160. The van der Waals surface area contributed by atoms with E-state index in [1.54, 1.807) is 60.7 Å². The molecule has 8 rings (SSSR count). The topological polar surface area (TPSA) is 159 Å². The molecule has 0 aliphatic heterocycles. The minimum atomic E-state index is -0.565. The predicted octanol–water partition coefficient (Wildman–Crippen LogP) is 8.17. The molecule has 0 heterocycles. The SMILES string of the molecule is Nc1ccc2c(c1)C(=O)C(=O)c1ccccc1-2.O=C(COCc1ccccc1)Nc1ccc2c(c1)C(=O)C(=O)c1ccccc1-2.O=C(Cl)COCc1ccccc1. The maximum Gasteiger partial charge on any atom is 0.250 e. The van der Waals surface area contributed by atoms with Gasteiger partial charge in [0.2, 0.25) is 34.3 Å². The molecule has 0 unspecified atom stereocenters. The van der Waals surface area contributed by atoms with Gasteiger partial charge >= 0.3 is 0 Å². The van der Waals surface area contributed by atoms with Crippen molar-refractivity contribution in [3.05, 3.63) is 179 Å². The van der Waals surface area contributed by atoms with Crippen LogP contribution in [0, 0.1) is 0 Å². The third-order valence-corrected chi connectivity index (χ3v) is 8.95. The van der Waals surface area contributed by atoms with Gasteiger partial charge in [-0.2, -0.15) is 0 Å². The fraction of sp³-hybridized carbons (Fsp3) is 0.0870. The molecule has 3 N–H and O–H groups in total. The largest absolute Gasteiger partial charge is 0.399 e. The fourth-order valence-corrected chi connectivity index (χ4v) is 6.28. The molecule has 6 aromatic rings. The van der Waals surface area contributed by atoms with Gasteiger partial charge in [0.1, 0.15) is 13.2 Å². The lowest BCUT2D eigenvalue weighted by atomic mass is 9.84. The van der Waals surface area contributed by atoms with Crippen molar-refractivity contribution in [1.82, 2.24) is 0 Å². The number of halogens is 1. The van der Waals surface area contributed by atoms with E-state index >= 15 is 0 Å². The van der Waals surface area contributed by atoms with E-state index < -0.39 is 28.4 Å². The van der Waals surface area contributed by atoms with Crippen LogP contribution in [0.4, 0.5) is 11.4 Å². The predicted molar refractivity (Wildman–Crippen MR) is 217 cm³/mol. The number of hydrogen-bond donors (Lipinski definition) is 2. The molecule has 10 nitrogen and oxygen atoms in total. The molecule has 57 heavy (non-hydrogen) atoms. The van der Waals surface area contributed by atoms with Crippen LogP contribution in [0.3, 0.4) is 0 Å². The first-order valence-electron chi connectivity index (χ1n) is 17.7. The van der Waals surface area contributed by atoms with Crippen LogP contribution in [0.1, 0.15) is 52.6 Å². The summed E-state index contributed by atoms with van der Waals surface area (Å²) in [5.41, 5.74) is 13.2. The number of carbonyl (C=O) groups excluding carboxylic acids is 6. The average Bonchev–Trinajstić information content (AvgIpc) is 3.23. The number of fused-ring (bicyclic) bond motifs is 6. The fourth-order valence-electron chi connectivity index (χ4n) is 6.21. The number of benzene rings is 6. The van der Waals surface area contributed by atoms with E-state index in [0.717, 1.165) is 27.8 Å². The van der Waals surface area contributed by atoms with Gasteiger partial charge in [-0.3, -0.25) is 28.8 Å². The van der Waals surface area contributed by atoms with Crippen LogP contribution >= 0.6 is 11.6 Å². The molecule has 0 fully saturated rings. The number of rotatable bonds is 9. The first kappa shape index (κ1) is 39.8. The molecule has 2 aliphatic rings. The Morgan fingerprint density at radius 3 is 1.39 bits per heavy atom. The lowest BCUT2D eigenvalue weighted by Gasteiger charge is -2.18. The molecular weight excluding hydrogens is 744 g/mol. The van der Waals surface area contributed by atoms with Gasteiger partial charge in [-0.25, -0.2) is 0 Å². The molecule has 2 aliphatic carbocycles. The van der Waals surface area contributed by atoms with Crippen molar-refractivity contribution in [2.24, 2.45) is 0 Å². The Morgan fingerprint density at radius 2 is 0.877 bits per heavy atom. The average molecular weight is 779 g/mol. The van der Waals surface area contributed by atoms with Crippen molar-refractivity contribution in [3.63, 3.8) is 0 Å². The molecule has 6 aromatic carbocycles. The summed E-state index contributed by atoms with van der Waals surface area (Å²) >= 11 is 5.08. The number of nitrogens with two attached hydrogens (primary N) is 1. The Kier molecular flexibility index (Phi) is 13.0. The molecule has 0 spiro atoms. The zero-order valence-corrected chi connectivity index (χ0v) is 31.2. The molecule has 0 bridgehead atoms. The Labute approximate surface area is 333 Å². The summed E-state index contributed by atoms with van der Waals surface area (Å²) in [6, 6.07) is 43.4. The second-order valence-electron chi connectivity index (χ2n) is 12.8. The van der Waals surface area contributed by atoms with Crippen LogP contribution in [0.5, 0.6) is 0 Å². The third kappa shape index (κ3) is 9.88. The maximum atomic E-state index is 12.5. The first-order chi connectivity index (χ1) is 27.6. The third-order valence-electron chi connectivity index (χ3n) is 8.84. The molecule has 0 saturated heterocycles. The van der Waals surface area contributed by atoms with Gasteiger partial charge < -0.3 is 20.5 Å². The normalized spacial score (nSPS) is 12.0. The summed E-state index contributed by atoms with van der Waals surface area (Å²) in [4.78, 5) is 71.0. The smallest absolute Gasteiger partial charge is 0.250 e. The van der Waals surface area contributed by atoms with Crippen molar-refractivity contribution >= 4 is 57.3 Å². The molecule has 11 heteroatoms. The van der Waals surface area contributed by atoms with Crippen molar-refractivity contribution < 1.29 is 38.2 Å². The minimum Gasteiger partial charge on any atom is -0.399 e. The van der Waals surface area contributed by atoms with Gasteiger partial charge in [-0.1, -0.05) is 121 Å². The first-order valence-corrected chi connectivity index (χ1v) is 18.1. The number of ether oxygens (including phenoxy) is 2. The van der Waals surface area contributed by atoms with Gasteiger partial charge in [0.25, 0.3) is 0 Å². The van der Waals surface area contributed by atoms with E-state index in [2.05, 4.69) is 5.32 Å². The Morgan fingerprint density at radius 1 is 0.474 bits per heavy atom. The maximum absolute atomic E-state index is 12.5. The van der Waals surface area contributed by atoms with Gasteiger partial charge in [-0.15, -0.1) is 0 Å². The van der Waals surface area contributed by atoms with Crippen LogP contribution in [-0.2, 0) is 32.3 Å².